The van der Waals surface area contributed by atoms with Crippen molar-refractivity contribution in [3.05, 3.63) is 40.2 Å². The molecule has 146 valence electrons. The van der Waals surface area contributed by atoms with Crippen molar-refractivity contribution >= 4 is 10.9 Å². The molecule has 27 heavy (non-hydrogen) atoms. The summed E-state index contributed by atoms with van der Waals surface area (Å²) in [6, 6.07) is 3.27. The van der Waals surface area contributed by atoms with E-state index >= 15 is 0 Å². The van der Waals surface area contributed by atoms with E-state index in [2.05, 4.69) is 21.5 Å². The third-order valence-electron chi connectivity index (χ3n) is 4.99. The summed E-state index contributed by atoms with van der Waals surface area (Å²) in [6.07, 6.45) is 7.94. The van der Waals surface area contributed by atoms with Crippen molar-refractivity contribution < 1.29 is 13.9 Å². The zero-order valence-electron chi connectivity index (χ0n) is 15.9. The SMILES string of the molecule is CCCCOc1c(F)ccc2c1c(CCN=[N+]=[N-])cn2CC1CCCCO1. The van der Waals surface area contributed by atoms with Crippen LogP contribution in [-0.2, 0) is 17.7 Å². The molecule has 7 heteroatoms. The van der Waals surface area contributed by atoms with Crippen molar-refractivity contribution in [3.63, 3.8) is 0 Å². The van der Waals surface area contributed by atoms with Gasteiger partial charge in [-0.05, 0) is 55.3 Å². The molecule has 0 spiro atoms. The lowest BCUT2D eigenvalue weighted by molar-refractivity contribution is 0.00668. The summed E-state index contributed by atoms with van der Waals surface area (Å²) in [4.78, 5) is 2.82. The van der Waals surface area contributed by atoms with Crippen molar-refractivity contribution in [1.29, 1.82) is 0 Å². The number of azide groups is 1. The van der Waals surface area contributed by atoms with Gasteiger partial charge in [-0.15, -0.1) is 0 Å². The van der Waals surface area contributed by atoms with E-state index in [1.165, 1.54) is 12.5 Å². The average molecular weight is 374 g/mol. The second-order valence-corrected chi connectivity index (χ2v) is 6.97. The van der Waals surface area contributed by atoms with E-state index in [1.807, 2.05) is 6.20 Å². The maximum Gasteiger partial charge on any atom is 0.165 e. The number of hydrogen-bond donors (Lipinski definition) is 0. The van der Waals surface area contributed by atoms with Crippen LogP contribution in [-0.4, -0.2) is 30.4 Å². The number of aromatic nitrogens is 1. The number of unbranched alkanes of at least 4 members (excludes halogenated alkanes) is 1. The molecule has 2 aromatic rings. The summed E-state index contributed by atoms with van der Waals surface area (Å²) in [6.45, 7) is 4.43. The molecule has 1 aliphatic heterocycles. The van der Waals surface area contributed by atoms with Crippen molar-refractivity contribution in [1.82, 2.24) is 4.57 Å². The molecule has 0 aliphatic carbocycles. The highest BCUT2D eigenvalue weighted by Crippen LogP contribution is 2.34. The number of rotatable bonds is 9. The number of nitrogens with zero attached hydrogens (tertiary/aromatic N) is 4. The molecule has 0 radical (unpaired) electrons. The molecule has 1 aromatic carbocycles. The minimum Gasteiger partial charge on any atom is -0.490 e. The van der Waals surface area contributed by atoms with Gasteiger partial charge in [-0.25, -0.2) is 4.39 Å². The summed E-state index contributed by atoms with van der Waals surface area (Å²) in [5.74, 6) is -0.0458. The third-order valence-corrected chi connectivity index (χ3v) is 4.99. The summed E-state index contributed by atoms with van der Waals surface area (Å²) in [7, 11) is 0. The van der Waals surface area contributed by atoms with Crippen LogP contribution in [0.4, 0.5) is 4.39 Å². The van der Waals surface area contributed by atoms with Crippen LogP contribution in [0.1, 0.15) is 44.6 Å². The van der Waals surface area contributed by atoms with Gasteiger partial charge in [-0.2, -0.15) is 0 Å². The highest BCUT2D eigenvalue weighted by atomic mass is 19.1. The van der Waals surface area contributed by atoms with Crippen LogP contribution in [0.3, 0.4) is 0 Å². The quantitative estimate of drug-likeness (QED) is 0.256. The van der Waals surface area contributed by atoms with E-state index in [-0.39, 0.29) is 11.9 Å². The van der Waals surface area contributed by atoms with Crippen LogP contribution in [0.25, 0.3) is 21.3 Å². The normalized spacial score (nSPS) is 17.0. The summed E-state index contributed by atoms with van der Waals surface area (Å²) >= 11 is 0. The molecule has 1 aliphatic rings. The predicted octanol–water partition coefficient (Wildman–Crippen LogP) is 5.38. The van der Waals surface area contributed by atoms with Gasteiger partial charge >= 0.3 is 0 Å². The fraction of sp³-hybridized carbons (Fsp3) is 0.600. The van der Waals surface area contributed by atoms with E-state index in [4.69, 9.17) is 15.0 Å². The van der Waals surface area contributed by atoms with Crippen molar-refractivity contribution in [3.8, 4) is 5.75 Å². The first-order valence-corrected chi connectivity index (χ1v) is 9.80. The second kappa shape index (κ2) is 9.62. The van der Waals surface area contributed by atoms with Crippen LogP contribution < -0.4 is 4.74 Å². The second-order valence-electron chi connectivity index (χ2n) is 6.97. The van der Waals surface area contributed by atoms with Crippen molar-refractivity contribution in [2.24, 2.45) is 5.11 Å². The van der Waals surface area contributed by atoms with Crippen LogP contribution >= 0.6 is 0 Å². The molecule has 1 saturated heterocycles. The lowest BCUT2D eigenvalue weighted by atomic mass is 10.1. The number of benzene rings is 1. The maximum absolute atomic E-state index is 14.5. The molecule has 2 heterocycles. The molecule has 3 rings (SSSR count). The van der Waals surface area contributed by atoms with Crippen LogP contribution in [0, 0.1) is 5.82 Å². The van der Waals surface area contributed by atoms with E-state index < -0.39 is 0 Å². The van der Waals surface area contributed by atoms with Gasteiger partial charge in [0.2, 0.25) is 0 Å². The molecule has 1 fully saturated rings. The van der Waals surface area contributed by atoms with Gasteiger partial charge < -0.3 is 14.0 Å². The topological polar surface area (TPSA) is 72.1 Å². The van der Waals surface area contributed by atoms with E-state index in [1.54, 1.807) is 6.07 Å². The van der Waals surface area contributed by atoms with Gasteiger partial charge in [0.15, 0.2) is 11.6 Å². The maximum atomic E-state index is 14.5. The van der Waals surface area contributed by atoms with Crippen LogP contribution in [0.15, 0.2) is 23.4 Å². The van der Waals surface area contributed by atoms with E-state index in [0.29, 0.717) is 25.3 Å². The molecule has 0 amide bonds. The highest BCUT2D eigenvalue weighted by Gasteiger charge is 2.20. The first-order chi connectivity index (χ1) is 13.2. The highest BCUT2D eigenvalue weighted by molar-refractivity contribution is 5.90. The Morgan fingerprint density at radius 3 is 3.04 bits per heavy atom. The standard InChI is InChI=1S/C20H27FN4O2/c1-2-3-11-27-20-17(21)7-8-18-19(20)15(9-10-23-24-22)13-25(18)14-16-6-4-5-12-26-16/h7-8,13,16H,2-6,9-12,14H2,1H3. The van der Waals surface area contributed by atoms with Crippen molar-refractivity contribution in [2.45, 2.75) is 58.1 Å². The first-order valence-electron chi connectivity index (χ1n) is 9.80. The Balaban J connectivity index is 1.97. The fourth-order valence-electron chi connectivity index (χ4n) is 3.60. The summed E-state index contributed by atoms with van der Waals surface area (Å²) in [5, 5.41) is 4.43. The molecule has 6 nitrogen and oxygen atoms in total. The minimum absolute atomic E-state index is 0.175. The molecule has 1 aromatic heterocycles. The van der Waals surface area contributed by atoms with Crippen molar-refractivity contribution in [2.75, 3.05) is 19.8 Å². The van der Waals surface area contributed by atoms with E-state index in [0.717, 1.165) is 55.3 Å². The summed E-state index contributed by atoms with van der Waals surface area (Å²) < 4.78 is 28.4. The molecule has 1 unspecified atom stereocenters. The average Bonchev–Trinajstić information content (AvgIpc) is 3.02. The zero-order valence-corrected chi connectivity index (χ0v) is 15.9. The third kappa shape index (κ3) is 4.73. The van der Waals surface area contributed by atoms with Gasteiger partial charge in [0.25, 0.3) is 0 Å². The summed E-state index contributed by atoms with van der Waals surface area (Å²) in [5.41, 5.74) is 10.5. The largest absolute Gasteiger partial charge is 0.490 e. The molecule has 1 atom stereocenters. The number of hydrogen-bond acceptors (Lipinski definition) is 3. The molecular formula is C20H27FN4O2. The van der Waals surface area contributed by atoms with Crippen LogP contribution in [0.5, 0.6) is 5.75 Å². The molecule has 0 N–H and O–H groups in total. The molecule has 0 bridgehead atoms. The Morgan fingerprint density at radius 1 is 1.41 bits per heavy atom. The number of ether oxygens (including phenoxy) is 2. The van der Waals surface area contributed by atoms with Gasteiger partial charge in [-0.1, -0.05) is 18.5 Å². The first kappa shape index (κ1) is 19.5. The molecular weight excluding hydrogens is 347 g/mol. The van der Waals surface area contributed by atoms with Gasteiger partial charge in [-0.3, -0.25) is 0 Å². The lowest BCUT2D eigenvalue weighted by Crippen LogP contribution is -2.24. The fourth-order valence-corrected chi connectivity index (χ4v) is 3.60. The van der Waals surface area contributed by atoms with E-state index in [9.17, 15) is 4.39 Å². The smallest absolute Gasteiger partial charge is 0.165 e. The van der Waals surface area contributed by atoms with Gasteiger partial charge in [0.1, 0.15) is 0 Å². The van der Waals surface area contributed by atoms with Crippen LogP contribution in [0.2, 0.25) is 0 Å². The monoisotopic (exact) mass is 374 g/mol. The minimum atomic E-state index is -0.352. The molecule has 0 saturated carbocycles. The Kier molecular flexibility index (Phi) is 6.96. The van der Waals surface area contributed by atoms with Gasteiger partial charge in [0.05, 0.1) is 18.2 Å². The predicted molar refractivity (Wildman–Crippen MR) is 104 cm³/mol. The number of fused-ring (bicyclic) bond motifs is 1. The zero-order chi connectivity index (χ0) is 19.1. The Labute approximate surface area is 158 Å². The Morgan fingerprint density at radius 2 is 2.30 bits per heavy atom. The van der Waals surface area contributed by atoms with Gasteiger partial charge in [0, 0.05) is 36.2 Å². The lowest BCUT2D eigenvalue weighted by Gasteiger charge is -2.23. The number of halogens is 1. The Hall–Kier alpha value is -2.24. The Bertz CT molecular complexity index is 808.